The third kappa shape index (κ3) is 15.2. The highest BCUT2D eigenvalue weighted by atomic mass is 16.1. The van der Waals surface area contributed by atoms with Crippen molar-refractivity contribution >= 4 is 6.29 Å². The van der Waals surface area contributed by atoms with Crippen molar-refractivity contribution in [2.45, 2.75) is 87.0 Å². The summed E-state index contributed by atoms with van der Waals surface area (Å²) in [5.74, 6) is 0.931. The van der Waals surface area contributed by atoms with Crippen molar-refractivity contribution in [1.82, 2.24) is 0 Å². The second kappa shape index (κ2) is 19.9. The smallest absolute Gasteiger partial charge is 0.116 e. The first kappa shape index (κ1) is 28.3. The molecule has 0 aromatic heterocycles. The lowest BCUT2D eigenvalue weighted by Gasteiger charge is -2.14. The van der Waals surface area contributed by atoms with Gasteiger partial charge in [0.2, 0.25) is 0 Å². The normalized spacial score (nSPS) is 10.3. The van der Waals surface area contributed by atoms with Crippen molar-refractivity contribution < 1.29 is 4.79 Å². The summed E-state index contributed by atoms with van der Waals surface area (Å²) in [6.07, 6.45) is 10.0. The lowest BCUT2D eigenvalue weighted by atomic mass is 9.92. The van der Waals surface area contributed by atoms with Gasteiger partial charge in [0.05, 0.1) is 0 Å². The molecule has 1 unspecified atom stereocenters. The first-order valence-electron chi connectivity index (χ1n) is 10.6. The average Bonchev–Trinajstić information content (AvgIpc) is 2.70. The van der Waals surface area contributed by atoms with Gasteiger partial charge in [0.25, 0.3) is 0 Å². The van der Waals surface area contributed by atoms with E-state index >= 15 is 0 Å². The molecule has 0 radical (unpaired) electrons. The Labute approximate surface area is 175 Å². The molecule has 2 aromatic rings. The van der Waals surface area contributed by atoms with Crippen LogP contribution in [0, 0.1) is 12.8 Å². The molecule has 1 heteroatoms. The first-order chi connectivity index (χ1) is 13.1. The zero-order valence-electron chi connectivity index (χ0n) is 18.2. The first-order valence-corrected chi connectivity index (χ1v) is 10.6. The number of aldehydes is 1. The van der Waals surface area contributed by atoms with E-state index in [9.17, 15) is 0 Å². The fraction of sp³-hybridized carbons (Fsp3) is 0.519. The number of hydrogen-bond acceptors (Lipinski definition) is 1. The molecule has 0 fully saturated rings. The van der Waals surface area contributed by atoms with E-state index in [-0.39, 0.29) is 7.43 Å². The van der Waals surface area contributed by atoms with Crippen molar-refractivity contribution in [3.8, 4) is 0 Å². The van der Waals surface area contributed by atoms with Gasteiger partial charge in [0, 0.05) is 0 Å². The predicted molar refractivity (Wildman–Crippen MR) is 127 cm³/mol. The van der Waals surface area contributed by atoms with Crippen LogP contribution >= 0.6 is 0 Å². The fourth-order valence-electron chi connectivity index (χ4n) is 2.89. The molecule has 28 heavy (non-hydrogen) atoms. The number of hydrogen-bond donors (Lipinski definition) is 0. The van der Waals surface area contributed by atoms with Crippen LogP contribution in [0.25, 0.3) is 0 Å². The molecule has 0 amide bonds. The molecule has 0 saturated carbocycles. The van der Waals surface area contributed by atoms with Crippen molar-refractivity contribution in [3.63, 3.8) is 0 Å². The minimum atomic E-state index is 0. The molecule has 1 nitrogen and oxygen atoms in total. The molecule has 158 valence electrons. The van der Waals surface area contributed by atoms with E-state index < -0.39 is 0 Å². The summed E-state index contributed by atoms with van der Waals surface area (Å²) in [6, 6.07) is 19.4. The van der Waals surface area contributed by atoms with Crippen molar-refractivity contribution in [1.29, 1.82) is 0 Å². The molecule has 0 spiro atoms. The van der Waals surface area contributed by atoms with Crippen LogP contribution in [0.1, 0.15) is 83.9 Å². The van der Waals surface area contributed by atoms with Gasteiger partial charge in [-0.2, -0.15) is 0 Å². The van der Waals surface area contributed by atoms with Gasteiger partial charge in [-0.1, -0.05) is 114 Å². The van der Waals surface area contributed by atoms with Crippen LogP contribution < -0.4 is 0 Å². The highest BCUT2D eigenvalue weighted by molar-refractivity contribution is 5.44. The summed E-state index contributed by atoms with van der Waals surface area (Å²) in [5.41, 5.74) is 4.28. The number of carbonyl (C=O) groups is 1. The molecule has 0 aliphatic carbocycles. The standard InChI is InChI=1S/C17H28.C7H8.C2H4O.CH4/c1-4-7-8-15(5-2)9-12-17-13-10-16(6-3)11-14-17;1-7-5-3-2-4-6-7;1-2-3;/h10-11,13-15H,4-9,12H2,1-3H3;2-6H,1H3;2H,1H3;1H4. The quantitative estimate of drug-likeness (QED) is 0.419. The van der Waals surface area contributed by atoms with Crippen LogP contribution in [-0.4, -0.2) is 6.29 Å². The van der Waals surface area contributed by atoms with Crippen LogP contribution in [0.5, 0.6) is 0 Å². The molecule has 0 aliphatic rings. The summed E-state index contributed by atoms with van der Waals surface area (Å²) in [4.78, 5) is 8.81. The minimum Gasteiger partial charge on any atom is -0.304 e. The fourth-order valence-corrected chi connectivity index (χ4v) is 2.89. The third-order valence-corrected chi connectivity index (χ3v) is 4.76. The maximum atomic E-state index is 8.81. The maximum Gasteiger partial charge on any atom is 0.116 e. The average molecular weight is 385 g/mol. The number of aryl methyl sites for hydroxylation is 3. The van der Waals surface area contributed by atoms with Crippen LogP contribution in [0.3, 0.4) is 0 Å². The molecular formula is C27H44O. The number of unbranched alkanes of at least 4 members (excludes halogenated alkanes) is 1. The van der Waals surface area contributed by atoms with E-state index in [2.05, 4.69) is 64.1 Å². The summed E-state index contributed by atoms with van der Waals surface area (Å²) < 4.78 is 0. The number of rotatable bonds is 8. The zero-order chi connectivity index (χ0) is 20.3. The van der Waals surface area contributed by atoms with Crippen LogP contribution in [0.4, 0.5) is 0 Å². The van der Waals surface area contributed by atoms with Gasteiger partial charge in [0.15, 0.2) is 0 Å². The Bertz CT molecular complexity index is 557. The zero-order valence-corrected chi connectivity index (χ0v) is 18.2. The van der Waals surface area contributed by atoms with E-state index in [1.165, 1.54) is 62.1 Å². The van der Waals surface area contributed by atoms with Crippen molar-refractivity contribution in [2.24, 2.45) is 5.92 Å². The molecular weight excluding hydrogens is 340 g/mol. The summed E-state index contributed by atoms with van der Waals surface area (Å²) in [7, 11) is 0. The van der Waals surface area contributed by atoms with Crippen molar-refractivity contribution in [2.75, 3.05) is 0 Å². The van der Waals surface area contributed by atoms with Gasteiger partial charge in [0.1, 0.15) is 6.29 Å². The van der Waals surface area contributed by atoms with Gasteiger partial charge in [-0.3, -0.25) is 0 Å². The van der Waals surface area contributed by atoms with E-state index in [0.29, 0.717) is 0 Å². The van der Waals surface area contributed by atoms with E-state index in [0.717, 1.165) is 18.6 Å². The Balaban J connectivity index is 0. The second-order valence-corrected chi connectivity index (χ2v) is 7.02. The van der Waals surface area contributed by atoms with E-state index in [1.807, 2.05) is 18.2 Å². The SMILES string of the molecule is C.CC=O.CCCCC(CC)CCc1ccc(CC)cc1.Cc1ccccc1. The molecule has 1 atom stereocenters. The van der Waals surface area contributed by atoms with Gasteiger partial charge in [-0.15, -0.1) is 0 Å². The lowest BCUT2D eigenvalue weighted by Crippen LogP contribution is -2.01. The van der Waals surface area contributed by atoms with Crippen LogP contribution in [-0.2, 0) is 17.6 Å². The molecule has 0 saturated heterocycles. The Morgan fingerprint density at radius 1 is 0.857 bits per heavy atom. The van der Waals surface area contributed by atoms with Gasteiger partial charge in [-0.05, 0) is 50.2 Å². The third-order valence-electron chi connectivity index (χ3n) is 4.76. The molecule has 0 N–H and O–H groups in total. The monoisotopic (exact) mass is 384 g/mol. The number of benzene rings is 2. The largest absolute Gasteiger partial charge is 0.304 e. The Morgan fingerprint density at radius 2 is 1.39 bits per heavy atom. The minimum absolute atomic E-state index is 0. The van der Waals surface area contributed by atoms with E-state index in [4.69, 9.17) is 4.79 Å². The Hall–Kier alpha value is -1.89. The highest BCUT2D eigenvalue weighted by Gasteiger charge is 2.05. The Kier molecular flexibility index (Phi) is 20.1. The second-order valence-electron chi connectivity index (χ2n) is 7.02. The summed E-state index contributed by atoms with van der Waals surface area (Å²) in [5, 5.41) is 0. The predicted octanol–water partition coefficient (Wildman–Crippen LogP) is 8.23. The molecule has 0 bridgehead atoms. The van der Waals surface area contributed by atoms with Crippen LogP contribution in [0.15, 0.2) is 54.6 Å². The molecule has 2 rings (SSSR count). The summed E-state index contributed by atoms with van der Waals surface area (Å²) >= 11 is 0. The highest BCUT2D eigenvalue weighted by Crippen LogP contribution is 2.19. The molecule has 0 heterocycles. The van der Waals surface area contributed by atoms with Gasteiger partial charge < -0.3 is 4.79 Å². The maximum absolute atomic E-state index is 8.81. The topological polar surface area (TPSA) is 17.1 Å². The molecule has 2 aromatic carbocycles. The lowest BCUT2D eigenvalue weighted by molar-refractivity contribution is -0.106. The van der Waals surface area contributed by atoms with Crippen LogP contribution in [0.2, 0.25) is 0 Å². The Morgan fingerprint density at radius 3 is 1.79 bits per heavy atom. The van der Waals surface area contributed by atoms with E-state index in [1.54, 1.807) is 0 Å². The number of carbonyl (C=O) groups excluding carboxylic acids is 1. The van der Waals surface area contributed by atoms with Gasteiger partial charge in [-0.25, -0.2) is 0 Å². The van der Waals surface area contributed by atoms with Gasteiger partial charge >= 0.3 is 0 Å². The summed E-state index contributed by atoms with van der Waals surface area (Å²) in [6.45, 7) is 10.4. The van der Waals surface area contributed by atoms with Crippen molar-refractivity contribution in [3.05, 3.63) is 71.3 Å². The molecule has 0 aliphatic heterocycles.